The van der Waals surface area contributed by atoms with Crippen LogP contribution in [0.25, 0.3) is 16.8 Å². The first-order valence-electron chi connectivity index (χ1n) is 9.17. The molecule has 2 heterocycles. The van der Waals surface area contributed by atoms with Crippen LogP contribution in [0.5, 0.6) is 0 Å². The summed E-state index contributed by atoms with van der Waals surface area (Å²) in [5, 5.41) is 0. The lowest BCUT2D eigenvalue weighted by atomic mass is 9.86. The van der Waals surface area contributed by atoms with E-state index in [0.29, 0.717) is 5.92 Å². The van der Waals surface area contributed by atoms with Gasteiger partial charge in [0.15, 0.2) is 5.69 Å². The highest BCUT2D eigenvalue weighted by Crippen LogP contribution is 2.35. The Balaban J connectivity index is 2.32. The molecule has 0 amide bonds. The van der Waals surface area contributed by atoms with E-state index in [1.807, 2.05) is 0 Å². The molecule has 1 aliphatic rings. The predicted octanol–water partition coefficient (Wildman–Crippen LogP) is 5.36. The van der Waals surface area contributed by atoms with Crippen LogP contribution in [0.15, 0.2) is 30.3 Å². The topological polar surface area (TPSA) is 3.88 Å². The number of benzene rings is 1. The van der Waals surface area contributed by atoms with Crippen molar-refractivity contribution in [3.8, 4) is 23.6 Å². The summed E-state index contributed by atoms with van der Waals surface area (Å²) >= 11 is 0. The van der Waals surface area contributed by atoms with Crippen LogP contribution in [-0.2, 0) is 6.42 Å². The normalized spacial score (nSPS) is 16.4. The van der Waals surface area contributed by atoms with Gasteiger partial charge in [-0.25, -0.2) is 0 Å². The zero-order valence-corrected chi connectivity index (χ0v) is 16.3. The van der Waals surface area contributed by atoms with Gasteiger partial charge < -0.3 is 0 Å². The monoisotopic (exact) mass is 330 g/mol. The number of hydrogen-bond donors (Lipinski definition) is 0. The SMILES string of the molecule is C#CC1Cc2c(C)cc(C)cc2-c2ccc(/C(=C\C)C(C)C)c(C)[n+]21. The molecule has 1 aliphatic heterocycles. The third-order valence-corrected chi connectivity index (χ3v) is 5.46. The number of terminal acetylenes is 1. The summed E-state index contributed by atoms with van der Waals surface area (Å²) in [6, 6.07) is 9.18. The lowest BCUT2D eigenvalue weighted by Crippen LogP contribution is -2.48. The fourth-order valence-corrected chi connectivity index (χ4v) is 4.31. The molecular weight excluding hydrogens is 302 g/mol. The van der Waals surface area contributed by atoms with Crippen LogP contribution in [0, 0.1) is 39.0 Å². The maximum absolute atomic E-state index is 5.96. The van der Waals surface area contributed by atoms with Crippen molar-refractivity contribution < 1.29 is 4.57 Å². The first-order valence-corrected chi connectivity index (χ1v) is 9.17. The molecule has 0 N–H and O–H groups in total. The van der Waals surface area contributed by atoms with Crippen LogP contribution in [0.2, 0.25) is 0 Å². The van der Waals surface area contributed by atoms with Crippen LogP contribution < -0.4 is 4.57 Å². The number of fused-ring (bicyclic) bond motifs is 3. The summed E-state index contributed by atoms with van der Waals surface area (Å²) in [7, 11) is 0. The minimum absolute atomic E-state index is 0.0779. The molecule has 25 heavy (non-hydrogen) atoms. The Morgan fingerprint density at radius 1 is 1.24 bits per heavy atom. The van der Waals surface area contributed by atoms with Gasteiger partial charge in [-0.05, 0) is 61.4 Å². The van der Waals surface area contributed by atoms with E-state index in [0.717, 1.165) is 6.42 Å². The Bertz CT molecular complexity index is 907. The average Bonchev–Trinajstić information content (AvgIpc) is 2.56. The van der Waals surface area contributed by atoms with Gasteiger partial charge in [-0.3, -0.25) is 0 Å². The second-order valence-corrected chi connectivity index (χ2v) is 7.48. The van der Waals surface area contributed by atoms with Crippen LogP contribution in [0.1, 0.15) is 54.8 Å². The number of nitrogens with zero attached hydrogens (tertiary/aromatic N) is 1. The van der Waals surface area contributed by atoms with E-state index in [2.05, 4.69) is 82.4 Å². The maximum atomic E-state index is 5.96. The molecule has 1 atom stereocenters. The number of aryl methyl sites for hydroxylation is 2. The highest BCUT2D eigenvalue weighted by atomic mass is 15.0. The second kappa shape index (κ2) is 6.52. The highest BCUT2D eigenvalue weighted by Gasteiger charge is 2.34. The van der Waals surface area contributed by atoms with Crippen molar-refractivity contribution in [2.24, 2.45) is 5.92 Å². The Morgan fingerprint density at radius 3 is 2.56 bits per heavy atom. The van der Waals surface area contributed by atoms with Crippen LogP contribution in [0.4, 0.5) is 0 Å². The fraction of sp³-hybridized carbons (Fsp3) is 0.375. The molecule has 1 nitrogen and oxygen atoms in total. The summed E-state index contributed by atoms with van der Waals surface area (Å²) in [6.45, 7) is 13.2. The Hall–Kier alpha value is -2.33. The van der Waals surface area contributed by atoms with E-state index in [1.54, 1.807) is 0 Å². The van der Waals surface area contributed by atoms with E-state index < -0.39 is 0 Å². The van der Waals surface area contributed by atoms with E-state index >= 15 is 0 Å². The van der Waals surface area contributed by atoms with Crippen LogP contribution in [0.3, 0.4) is 0 Å². The molecule has 3 rings (SSSR count). The van der Waals surface area contributed by atoms with Gasteiger partial charge in [0.05, 0.1) is 5.56 Å². The summed E-state index contributed by atoms with van der Waals surface area (Å²) in [4.78, 5) is 0. The first kappa shape index (κ1) is 17.5. The molecule has 0 radical (unpaired) electrons. The second-order valence-electron chi connectivity index (χ2n) is 7.48. The number of hydrogen-bond acceptors (Lipinski definition) is 0. The van der Waals surface area contributed by atoms with Crippen LogP contribution >= 0.6 is 0 Å². The lowest BCUT2D eigenvalue weighted by molar-refractivity contribution is -0.706. The molecular formula is C24H28N+. The zero-order chi connectivity index (χ0) is 18.3. The summed E-state index contributed by atoms with van der Waals surface area (Å²) in [5.74, 6) is 3.53. The molecule has 0 fully saturated rings. The fourth-order valence-electron chi connectivity index (χ4n) is 4.31. The van der Waals surface area contributed by atoms with Crippen LogP contribution in [-0.4, -0.2) is 0 Å². The van der Waals surface area contributed by atoms with Gasteiger partial charge >= 0.3 is 0 Å². The largest absolute Gasteiger partial charge is 0.223 e. The summed E-state index contributed by atoms with van der Waals surface area (Å²) < 4.78 is 2.38. The first-order chi connectivity index (χ1) is 11.9. The van der Waals surface area contributed by atoms with E-state index in [4.69, 9.17) is 6.42 Å². The van der Waals surface area contributed by atoms with E-state index in [9.17, 15) is 0 Å². The average molecular weight is 330 g/mol. The zero-order valence-electron chi connectivity index (χ0n) is 16.3. The number of pyridine rings is 1. The number of aromatic nitrogens is 1. The highest BCUT2D eigenvalue weighted by molar-refractivity contribution is 5.71. The summed E-state index contributed by atoms with van der Waals surface area (Å²) in [6.07, 6.45) is 9.10. The smallest absolute Gasteiger partial charge is 0.181 e. The maximum Gasteiger partial charge on any atom is 0.223 e. The minimum atomic E-state index is 0.0779. The quantitative estimate of drug-likeness (QED) is 0.516. The third-order valence-electron chi connectivity index (χ3n) is 5.46. The number of allylic oxidation sites excluding steroid dienone is 2. The molecule has 0 aliphatic carbocycles. The van der Waals surface area contributed by atoms with Crippen molar-refractivity contribution in [3.63, 3.8) is 0 Å². The van der Waals surface area contributed by atoms with Gasteiger partial charge in [0.1, 0.15) is 0 Å². The Morgan fingerprint density at radius 2 is 1.96 bits per heavy atom. The molecule has 128 valence electrons. The van der Waals surface area contributed by atoms with Crippen molar-refractivity contribution in [2.45, 2.75) is 54.0 Å². The van der Waals surface area contributed by atoms with Gasteiger partial charge in [-0.2, -0.15) is 4.57 Å². The van der Waals surface area contributed by atoms with Crippen molar-refractivity contribution in [1.82, 2.24) is 0 Å². The van der Waals surface area contributed by atoms with Crippen molar-refractivity contribution >= 4 is 5.57 Å². The minimum Gasteiger partial charge on any atom is -0.181 e. The molecule has 1 heteroatoms. The molecule has 0 saturated heterocycles. The Kier molecular flexibility index (Phi) is 4.56. The Labute approximate surface area is 152 Å². The van der Waals surface area contributed by atoms with E-state index in [1.165, 1.54) is 44.8 Å². The number of rotatable bonds is 2. The predicted molar refractivity (Wildman–Crippen MR) is 106 cm³/mol. The lowest BCUT2D eigenvalue weighted by Gasteiger charge is -2.24. The molecule has 1 unspecified atom stereocenters. The van der Waals surface area contributed by atoms with Gasteiger partial charge in [0, 0.05) is 25.0 Å². The van der Waals surface area contributed by atoms with Crippen molar-refractivity contribution in [3.05, 3.63) is 58.3 Å². The molecule has 0 saturated carbocycles. The molecule has 0 bridgehead atoms. The van der Waals surface area contributed by atoms with Crippen molar-refractivity contribution in [1.29, 1.82) is 0 Å². The summed E-state index contributed by atoms with van der Waals surface area (Å²) in [5.41, 5.74) is 10.6. The standard InChI is InChI=1S/C24H28N/c1-8-19-14-22-17(6)12-16(5)13-23(22)24-11-10-21(18(7)25(19)24)20(9-2)15(3)4/h1,9-13,15,19H,14H2,2-7H3/q+1/b20-9-. The van der Waals surface area contributed by atoms with E-state index in [-0.39, 0.29) is 6.04 Å². The van der Waals surface area contributed by atoms with Gasteiger partial charge in [-0.15, -0.1) is 6.42 Å². The third kappa shape index (κ3) is 2.81. The molecule has 1 aromatic heterocycles. The molecule has 2 aromatic rings. The molecule has 1 aromatic carbocycles. The van der Waals surface area contributed by atoms with Gasteiger partial charge in [0.25, 0.3) is 0 Å². The molecule has 0 spiro atoms. The van der Waals surface area contributed by atoms with Gasteiger partial charge in [0.2, 0.25) is 11.7 Å². The van der Waals surface area contributed by atoms with Gasteiger partial charge in [-0.1, -0.05) is 31.6 Å². The van der Waals surface area contributed by atoms with Crippen molar-refractivity contribution in [2.75, 3.05) is 0 Å².